The van der Waals surface area contributed by atoms with Crippen molar-refractivity contribution < 1.29 is 9.53 Å². The number of amides is 1. The van der Waals surface area contributed by atoms with Crippen molar-refractivity contribution in [3.63, 3.8) is 0 Å². The van der Waals surface area contributed by atoms with E-state index in [9.17, 15) is 9.59 Å². The van der Waals surface area contributed by atoms with Crippen molar-refractivity contribution in [2.75, 3.05) is 19.7 Å². The van der Waals surface area contributed by atoms with Crippen LogP contribution >= 0.6 is 0 Å². The molecule has 0 aliphatic carbocycles. The summed E-state index contributed by atoms with van der Waals surface area (Å²) >= 11 is 0. The van der Waals surface area contributed by atoms with Crippen LogP contribution < -0.4 is 5.56 Å². The number of aromatic amines is 1. The van der Waals surface area contributed by atoms with Gasteiger partial charge in [0.25, 0.3) is 11.5 Å². The molecule has 0 spiro atoms. The molecule has 25 heavy (non-hydrogen) atoms. The van der Waals surface area contributed by atoms with E-state index in [1.807, 2.05) is 20.8 Å². The Hall–Kier alpha value is -2.48. The van der Waals surface area contributed by atoms with E-state index in [-0.39, 0.29) is 23.0 Å². The van der Waals surface area contributed by atoms with Crippen LogP contribution in [0.3, 0.4) is 0 Å². The number of aryl methyl sites for hydroxylation is 1. The van der Waals surface area contributed by atoms with E-state index in [0.717, 1.165) is 0 Å². The zero-order valence-electron chi connectivity index (χ0n) is 14.9. The lowest BCUT2D eigenvalue weighted by Crippen LogP contribution is -2.42. The minimum atomic E-state index is -0.354. The van der Waals surface area contributed by atoms with Gasteiger partial charge < -0.3 is 14.2 Å². The second kappa shape index (κ2) is 6.44. The molecule has 8 heteroatoms. The quantitative estimate of drug-likeness (QED) is 0.877. The Balaban J connectivity index is 1.76. The van der Waals surface area contributed by atoms with Crippen molar-refractivity contribution in [2.45, 2.75) is 32.3 Å². The van der Waals surface area contributed by atoms with Gasteiger partial charge in [0.1, 0.15) is 6.10 Å². The monoisotopic (exact) mass is 345 g/mol. The van der Waals surface area contributed by atoms with E-state index in [2.05, 4.69) is 15.2 Å². The fourth-order valence-corrected chi connectivity index (χ4v) is 2.62. The molecule has 1 aliphatic rings. The maximum atomic E-state index is 12.7. The highest BCUT2D eigenvalue weighted by molar-refractivity contribution is 5.94. The third kappa shape index (κ3) is 3.63. The van der Waals surface area contributed by atoms with Crippen LogP contribution in [0.25, 0.3) is 0 Å². The van der Waals surface area contributed by atoms with Gasteiger partial charge in [-0.25, -0.2) is 4.98 Å². The summed E-state index contributed by atoms with van der Waals surface area (Å²) in [6.45, 7) is 7.36. The minimum absolute atomic E-state index is 0.164. The number of hydrogen-bond donors (Lipinski definition) is 1. The van der Waals surface area contributed by atoms with E-state index >= 15 is 0 Å². The third-order valence-corrected chi connectivity index (χ3v) is 4.18. The van der Waals surface area contributed by atoms with E-state index in [1.54, 1.807) is 24.2 Å². The Morgan fingerprint density at radius 2 is 2.16 bits per heavy atom. The van der Waals surface area contributed by atoms with Gasteiger partial charge in [-0.15, -0.1) is 0 Å². The minimum Gasteiger partial charge on any atom is -0.367 e. The van der Waals surface area contributed by atoms with E-state index < -0.39 is 0 Å². The number of aromatic nitrogens is 4. The van der Waals surface area contributed by atoms with Crippen LogP contribution in [-0.4, -0.2) is 50.3 Å². The van der Waals surface area contributed by atoms with Crippen LogP contribution in [0, 0.1) is 0 Å². The lowest BCUT2D eigenvalue weighted by atomic mass is 9.96. The fourth-order valence-electron chi connectivity index (χ4n) is 2.62. The van der Waals surface area contributed by atoms with Gasteiger partial charge in [-0.05, 0) is 6.07 Å². The molecule has 0 bridgehead atoms. The number of morpholine rings is 1. The summed E-state index contributed by atoms with van der Waals surface area (Å²) < 4.78 is 7.19. The zero-order chi connectivity index (χ0) is 18.2. The van der Waals surface area contributed by atoms with Crippen LogP contribution in [-0.2, 0) is 17.2 Å². The maximum Gasteiger partial charge on any atom is 0.254 e. The molecule has 3 rings (SSSR count). The zero-order valence-corrected chi connectivity index (χ0v) is 14.9. The third-order valence-electron chi connectivity index (χ3n) is 4.18. The second-order valence-corrected chi connectivity index (χ2v) is 7.27. The molecule has 1 aliphatic heterocycles. The smallest absolute Gasteiger partial charge is 0.254 e. The largest absolute Gasteiger partial charge is 0.367 e. The summed E-state index contributed by atoms with van der Waals surface area (Å²) in [4.78, 5) is 30.6. The maximum absolute atomic E-state index is 12.7. The van der Waals surface area contributed by atoms with Gasteiger partial charge >= 0.3 is 0 Å². The molecular weight excluding hydrogens is 322 g/mol. The molecule has 8 nitrogen and oxygen atoms in total. The van der Waals surface area contributed by atoms with Crippen molar-refractivity contribution in [2.24, 2.45) is 7.05 Å². The predicted octanol–water partition coefficient (Wildman–Crippen LogP) is 1.01. The first kappa shape index (κ1) is 17.3. The summed E-state index contributed by atoms with van der Waals surface area (Å²) in [5.74, 6) is 1.15. The first-order valence-electron chi connectivity index (χ1n) is 8.26. The SMILES string of the molecule is Cn1ccc(C(=O)N2CCO[C@H](c3nc(C(C)(C)C)n[nH]3)C2)cc1=O. The highest BCUT2D eigenvalue weighted by Gasteiger charge is 2.30. The first-order valence-corrected chi connectivity index (χ1v) is 8.26. The average molecular weight is 345 g/mol. The molecule has 0 radical (unpaired) electrons. The molecule has 0 saturated carbocycles. The number of carbonyl (C=O) groups is 1. The van der Waals surface area contributed by atoms with Crippen LogP contribution in [0.1, 0.15) is 48.9 Å². The molecule has 134 valence electrons. The highest BCUT2D eigenvalue weighted by Crippen LogP contribution is 2.23. The van der Waals surface area contributed by atoms with Crippen LogP contribution in [0.2, 0.25) is 0 Å². The van der Waals surface area contributed by atoms with Gasteiger partial charge in [-0.2, -0.15) is 5.10 Å². The number of pyridine rings is 1. The molecule has 0 aromatic carbocycles. The second-order valence-electron chi connectivity index (χ2n) is 7.27. The van der Waals surface area contributed by atoms with E-state index in [0.29, 0.717) is 36.9 Å². The number of ether oxygens (including phenoxy) is 1. The van der Waals surface area contributed by atoms with Gasteiger partial charge in [-0.1, -0.05) is 20.8 Å². The highest BCUT2D eigenvalue weighted by atomic mass is 16.5. The molecular formula is C17H23N5O3. The van der Waals surface area contributed by atoms with Crippen molar-refractivity contribution >= 4 is 5.91 Å². The Kier molecular flexibility index (Phi) is 4.47. The van der Waals surface area contributed by atoms with Gasteiger partial charge in [0, 0.05) is 36.8 Å². The lowest BCUT2D eigenvalue weighted by molar-refractivity contribution is -0.0267. The van der Waals surface area contributed by atoms with E-state index in [4.69, 9.17) is 4.74 Å². The summed E-state index contributed by atoms with van der Waals surface area (Å²) in [6.07, 6.45) is 1.24. The number of hydrogen-bond acceptors (Lipinski definition) is 5. The number of carbonyl (C=O) groups excluding carboxylic acids is 1. The van der Waals surface area contributed by atoms with Crippen molar-refractivity contribution in [3.05, 3.63) is 45.9 Å². The number of nitrogens with zero attached hydrogens (tertiary/aromatic N) is 4. The molecule has 1 amide bonds. The molecule has 2 aromatic heterocycles. The Labute approximate surface area is 145 Å². The Morgan fingerprint density at radius 1 is 1.40 bits per heavy atom. The molecule has 1 saturated heterocycles. The lowest BCUT2D eigenvalue weighted by Gasteiger charge is -2.32. The van der Waals surface area contributed by atoms with Gasteiger partial charge in [0.15, 0.2) is 11.6 Å². The standard InChI is InChI=1S/C17H23N5O3/c1-17(2,3)16-18-14(19-20-16)12-10-22(7-8-25-12)15(24)11-5-6-21(4)13(23)9-11/h5-6,9,12H,7-8,10H2,1-4H3,(H,18,19,20)/t12-/m0/s1. The van der Waals surface area contributed by atoms with E-state index in [1.165, 1.54) is 10.6 Å². The van der Waals surface area contributed by atoms with Gasteiger partial charge in [-0.3, -0.25) is 14.7 Å². The van der Waals surface area contributed by atoms with Crippen LogP contribution in [0.15, 0.2) is 23.1 Å². The van der Waals surface area contributed by atoms with Crippen LogP contribution in [0.5, 0.6) is 0 Å². The summed E-state index contributed by atoms with van der Waals surface area (Å²) in [5, 5.41) is 7.17. The number of H-pyrrole nitrogens is 1. The van der Waals surface area contributed by atoms with Crippen molar-refractivity contribution in [1.82, 2.24) is 24.6 Å². The Morgan fingerprint density at radius 3 is 2.80 bits per heavy atom. The summed E-state index contributed by atoms with van der Waals surface area (Å²) in [6, 6.07) is 3.01. The number of nitrogens with one attached hydrogen (secondary N) is 1. The molecule has 1 N–H and O–H groups in total. The molecule has 3 heterocycles. The number of rotatable bonds is 2. The van der Waals surface area contributed by atoms with Crippen molar-refractivity contribution in [3.8, 4) is 0 Å². The molecule has 1 fully saturated rings. The summed E-state index contributed by atoms with van der Waals surface area (Å²) in [5.41, 5.74) is 0.0145. The van der Waals surface area contributed by atoms with Gasteiger partial charge in [0.2, 0.25) is 0 Å². The average Bonchev–Trinajstić information content (AvgIpc) is 3.07. The van der Waals surface area contributed by atoms with Crippen LogP contribution in [0.4, 0.5) is 0 Å². The molecule has 1 atom stereocenters. The molecule has 0 unspecified atom stereocenters. The first-order chi connectivity index (χ1) is 11.8. The summed E-state index contributed by atoms with van der Waals surface area (Å²) in [7, 11) is 1.65. The normalized spacial score (nSPS) is 18.4. The topological polar surface area (TPSA) is 93.1 Å². The Bertz CT molecular complexity index is 833. The predicted molar refractivity (Wildman–Crippen MR) is 91.4 cm³/mol. The van der Waals surface area contributed by atoms with Crippen molar-refractivity contribution in [1.29, 1.82) is 0 Å². The van der Waals surface area contributed by atoms with Gasteiger partial charge in [0.05, 0.1) is 13.2 Å². The fraction of sp³-hybridized carbons (Fsp3) is 0.529. The molecule has 2 aromatic rings.